The van der Waals surface area contributed by atoms with Crippen molar-refractivity contribution in [2.75, 3.05) is 37.7 Å². The Balaban J connectivity index is 1.51. The number of para-hydroxylation sites is 1. The van der Waals surface area contributed by atoms with Crippen molar-refractivity contribution in [2.45, 2.75) is 39.3 Å². The molecule has 0 aliphatic carbocycles. The molecule has 2 aliphatic rings. The molecule has 1 saturated heterocycles. The van der Waals surface area contributed by atoms with E-state index >= 15 is 0 Å². The summed E-state index contributed by atoms with van der Waals surface area (Å²) < 4.78 is 5.47. The summed E-state index contributed by atoms with van der Waals surface area (Å²) in [5.41, 5.74) is 7.25. The third kappa shape index (κ3) is 4.11. The summed E-state index contributed by atoms with van der Waals surface area (Å²) in [7, 11) is 0. The van der Waals surface area contributed by atoms with Gasteiger partial charge in [-0.3, -0.25) is 4.90 Å². The maximum atomic E-state index is 5.47. The third-order valence-electron chi connectivity index (χ3n) is 5.64. The van der Waals surface area contributed by atoms with Gasteiger partial charge in [0.25, 0.3) is 0 Å². The Morgan fingerprint density at radius 1 is 0.885 bits per heavy atom. The molecule has 0 N–H and O–H groups in total. The van der Waals surface area contributed by atoms with Crippen LogP contribution in [0.15, 0.2) is 42.5 Å². The van der Waals surface area contributed by atoms with Gasteiger partial charge in [-0.05, 0) is 48.4 Å². The number of aryl methyl sites for hydroxylation is 2. The van der Waals surface area contributed by atoms with E-state index in [2.05, 4.69) is 59.2 Å². The van der Waals surface area contributed by atoms with Gasteiger partial charge >= 0.3 is 0 Å². The summed E-state index contributed by atoms with van der Waals surface area (Å²) in [5.74, 6) is 0. The van der Waals surface area contributed by atoms with Crippen molar-refractivity contribution < 1.29 is 4.74 Å². The monoisotopic (exact) mass is 350 g/mol. The van der Waals surface area contributed by atoms with E-state index in [0.29, 0.717) is 0 Å². The molecule has 3 nitrogen and oxygen atoms in total. The minimum atomic E-state index is 0.865. The maximum Gasteiger partial charge on any atom is 0.0594 e. The second kappa shape index (κ2) is 8.24. The Hall–Kier alpha value is -1.84. The average Bonchev–Trinajstić information content (AvgIpc) is 2.86. The van der Waals surface area contributed by atoms with Gasteiger partial charge in [0.05, 0.1) is 13.2 Å². The fraction of sp³-hybridized carbons (Fsp3) is 0.478. The summed E-state index contributed by atoms with van der Waals surface area (Å²) in [6.45, 7) is 9.28. The van der Waals surface area contributed by atoms with Crippen LogP contribution in [0.5, 0.6) is 0 Å². The van der Waals surface area contributed by atoms with Crippen molar-refractivity contribution in [1.82, 2.24) is 4.90 Å². The number of ether oxygens (including phenoxy) is 1. The lowest BCUT2D eigenvalue weighted by atomic mass is 10.0. The number of hydrogen-bond donors (Lipinski definition) is 0. The van der Waals surface area contributed by atoms with Crippen LogP contribution < -0.4 is 4.90 Å². The minimum Gasteiger partial charge on any atom is -0.379 e. The highest BCUT2D eigenvalue weighted by Crippen LogP contribution is 2.31. The molecule has 0 amide bonds. The number of anilines is 1. The fourth-order valence-corrected chi connectivity index (χ4v) is 4.33. The Bertz CT molecular complexity index is 737. The molecule has 2 aromatic carbocycles. The van der Waals surface area contributed by atoms with E-state index < -0.39 is 0 Å². The molecule has 4 rings (SSSR count). The van der Waals surface area contributed by atoms with Gasteiger partial charge in [0, 0.05) is 38.4 Å². The lowest BCUT2D eigenvalue weighted by Gasteiger charge is -2.28. The van der Waals surface area contributed by atoms with Crippen LogP contribution in [0.1, 0.15) is 35.1 Å². The first-order chi connectivity index (χ1) is 12.8. The van der Waals surface area contributed by atoms with Crippen LogP contribution in [0.25, 0.3) is 0 Å². The van der Waals surface area contributed by atoms with Crippen LogP contribution in [0.4, 0.5) is 5.69 Å². The zero-order valence-electron chi connectivity index (χ0n) is 15.9. The van der Waals surface area contributed by atoms with Crippen LogP contribution in [0, 0.1) is 6.92 Å². The lowest BCUT2D eigenvalue weighted by molar-refractivity contribution is 0.0342. The normalized spacial score (nSPS) is 18.4. The van der Waals surface area contributed by atoms with E-state index in [-0.39, 0.29) is 0 Å². The molecule has 2 aliphatic heterocycles. The second-order valence-corrected chi connectivity index (χ2v) is 7.67. The van der Waals surface area contributed by atoms with E-state index in [1.807, 2.05) is 0 Å². The number of morpholine rings is 1. The van der Waals surface area contributed by atoms with Gasteiger partial charge in [0.2, 0.25) is 0 Å². The SMILES string of the molecule is Cc1cccc2c1N(Cc1cccc(CN3CCOCC3)c1)CCCC2. The van der Waals surface area contributed by atoms with Gasteiger partial charge in [-0.15, -0.1) is 0 Å². The van der Waals surface area contributed by atoms with Gasteiger partial charge < -0.3 is 9.64 Å². The van der Waals surface area contributed by atoms with E-state index in [4.69, 9.17) is 4.74 Å². The van der Waals surface area contributed by atoms with Crippen LogP contribution in [-0.4, -0.2) is 37.7 Å². The summed E-state index contributed by atoms with van der Waals surface area (Å²) in [4.78, 5) is 5.10. The van der Waals surface area contributed by atoms with Crippen molar-refractivity contribution in [3.63, 3.8) is 0 Å². The van der Waals surface area contributed by atoms with Gasteiger partial charge in [0.1, 0.15) is 0 Å². The zero-order chi connectivity index (χ0) is 17.8. The highest BCUT2D eigenvalue weighted by molar-refractivity contribution is 5.60. The molecule has 0 spiro atoms. The fourth-order valence-electron chi connectivity index (χ4n) is 4.33. The van der Waals surface area contributed by atoms with E-state index in [9.17, 15) is 0 Å². The van der Waals surface area contributed by atoms with Crippen LogP contribution in [-0.2, 0) is 24.2 Å². The molecule has 2 aromatic rings. The largest absolute Gasteiger partial charge is 0.379 e. The molecule has 0 unspecified atom stereocenters. The highest BCUT2D eigenvalue weighted by atomic mass is 16.5. The molecule has 0 radical (unpaired) electrons. The lowest BCUT2D eigenvalue weighted by Crippen LogP contribution is -2.35. The second-order valence-electron chi connectivity index (χ2n) is 7.67. The van der Waals surface area contributed by atoms with Crippen LogP contribution >= 0.6 is 0 Å². The molecule has 26 heavy (non-hydrogen) atoms. The first kappa shape index (κ1) is 17.6. The number of nitrogens with zero attached hydrogens (tertiary/aromatic N) is 2. The predicted molar refractivity (Wildman–Crippen MR) is 108 cm³/mol. The molecule has 0 bridgehead atoms. The summed E-state index contributed by atoms with van der Waals surface area (Å²) in [6.07, 6.45) is 3.79. The molecular weight excluding hydrogens is 320 g/mol. The number of rotatable bonds is 4. The first-order valence-corrected chi connectivity index (χ1v) is 10.0. The van der Waals surface area contributed by atoms with E-state index in [1.165, 1.54) is 47.2 Å². The quantitative estimate of drug-likeness (QED) is 0.823. The van der Waals surface area contributed by atoms with Crippen molar-refractivity contribution in [1.29, 1.82) is 0 Å². The highest BCUT2D eigenvalue weighted by Gasteiger charge is 2.18. The standard InChI is InChI=1S/C23H30N2O/c1-19-6-4-10-22-9-2-3-11-25(23(19)22)18-21-8-5-7-20(16-21)17-24-12-14-26-15-13-24/h4-8,10,16H,2-3,9,11-15,17-18H2,1H3. The Morgan fingerprint density at radius 3 is 2.50 bits per heavy atom. The molecule has 0 atom stereocenters. The summed E-state index contributed by atoms with van der Waals surface area (Å²) >= 11 is 0. The molecule has 2 heterocycles. The van der Waals surface area contributed by atoms with Gasteiger partial charge in [-0.25, -0.2) is 0 Å². The molecule has 0 aromatic heterocycles. The van der Waals surface area contributed by atoms with Crippen LogP contribution in [0.2, 0.25) is 0 Å². The molecule has 1 fully saturated rings. The van der Waals surface area contributed by atoms with Crippen molar-refractivity contribution >= 4 is 5.69 Å². The smallest absolute Gasteiger partial charge is 0.0594 e. The van der Waals surface area contributed by atoms with Crippen molar-refractivity contribution in [3.05, 3.63) is 64.7 Å². The zero-order valence-corrected chi connectivity index (χ0v) is 15.9. The number of benzene rings is 2. The number of fused-ring (bicyclic) bond motifs is 1. The Kier molecular flexibility index (Phi) is 5.57. The summed E-state index contributed by atoms with van der Waals surface area (Å²) in [5, 5.41) is 0. The van der Waals surface area contributed by atoms with Crippen LogP contribution in [0.3, 0.4) is 0 Å². The van der Waals surface area contributed by atoms with E-state index in [0.717, 1.165) is 45.9 Å². The van der Waals surface area contributed by atoms with E-state index in [1.54, 1.807) is 0 Å². The minimum absolute atomic E-state index is 0.865. The molecule has 3 heteroatoms. The molecule has 0 saturated carbocycles. The third-order valence-corrected chi connectivity index (χ3v) is 5.64. The first-order valence-electron chi connectivity index (χ1n) is 10.0. The predicted octanol–water partition coefficient (Wildman–Crippen LogP) is 4.17. The van der Waals surface area contributed by atoms with Gasteiger partial charge in [-0.2, -0.15) is 0 Å². The van der Waals surface area contributed by atoms with Crippen molar-refractivity contribution in [3.8, 4) is 0 Å². The average molecular weight is 351 g/mol. The summed E-state index contributed by atoms with van der Waals surface area (Å²) in [6, 6.07) is 16.0. The van der Waals surface area contributed by atoms with Gasteiger partial charge in [0.15, 0.2) is 0 Å². The Morgan fingerprint density at radius 2 is 1.65 bits per heavy atom. The molecular formula is C23H30N2O. The number of hydrogen-bond acceptors (Lipinski definition) is 3. The van der Waals surface area contributed by atoms with Gasteiger partial charge in [-0.1, -0.05) is 42.5 Å². The molecule has 138 valence electrons. The van der Waals surface area contributed by atoms with Crippen molar-refractivity contribution in [2.24, 2.45) is 0 Å². The Labute approximate surface area is 157 Å². The topological polar surface area (TPSA) is 15.7 Å². The maximum absolute atomic E-state index is 5.47.